The maximum absolute atomic E-state index is 12.8. The van der Waals surface area contributed by atoms with Gasteiger partial charge in [-0.25, -0.2) is 4.39 Å². The van der Waals surface area contributed by atoms with Crippen molar-refractivity contribution in [3.8, 4) is 0 Å². The molecule has 120 valence electrons. The van der Waals surface area contributed by atoms with Crippen molar-refractivity contribution in [2.75, 3.05) is 0 Å². The molecule has 0 aromatic heterocycles. The van der Waals surface area contributed by atoms with Crippen molar-refractivity contribution in [1.29, 1.82) is 0 Å². The summed E-state index contributed by atoms with van der Waals surface area (Å²) in [6, 6.07) is 6.23. The number of hydrogen-bond acceptors (Lipinski definition) is 2. The van der Waals surface area contributed by atoms with Gasteiger partial charge < -0.3 is 5.32 Å². The first-order chi connectivity index (χ1) is 10.5. The summed E-state index contributed by atoms with van der Waals surface area (Å²) >= 11 is 5.20. The van der Waals surface area contributed by atoms with Crippen molar-refractivity contribution >= 4 is 23.2 Å². The summed E-state index contributed by atoms with van der Waals surface area (Å²) in [4.78, 5) is 11.8. The van der Waals surface area contributed by atoms with Crippen LogP contribution in [0.5, 0.6) is 0 Å². The SMILES string of the molecule is C[C@H]1CCCC[C@H]1NC(=S)NNC(=O)Cc1ccc(F)cc1. The van der Waals surface area contributed by atoms with E-state index in [1.807, 2.05) is 0 Å². The highest BCUT2D eigenvalue weighted by molar-refractivity contribution is 7.80. The van der Waals surface area contributed by atoms with Gasteiger partial charge in [-0.05, 0) is 48.7 Å². The Kier molecular flexibility index (Phi) is 6.12. The highest BCUT2D eigenvalue weighted by atomic mass is 32.1. The van der Waals surface area contributed by atoms with E-state index in [9.17, 15) is 9.18 Å². The topological polar surface area (TPSA) is 53.2 Å². The van der Waals surface area contributed by atoms with Gasteiger partial charge >= 0.3 is 0 Å². The van der Waals surface area contributed by atoms with Gasteiger partial charge in [0.25, 0.3) is 0 Å². The fourth-order valence-corrected chi connectivity index (χ4v) is 2.90. The first kappa shape index (κ1) is 16.7. The van der Waals surface area contributed by atoms with E-state index in [1.165, 1.54) is 31.4 Å². The summed E-state index contributed by atoms with van der Waals surface area (Å²) in [5.41, 5.74) is 6.04. The van der Waals surface area contributed by atoms with Crippen LogP contribution in [0.25, 0.3) is 0 Å². The predicted octanol–water partition coefficient (Wildman–Crippen LogP) is 2.44. The largest absolute Gasteiger partial charge is 0.358 e. The molecule has 0 saturated heterocycles. The molecule has 1 fully saturated rings. The lowest BCUT2D eigenvalue weighted by atomic mass is 9.86. The van der Waals surface area contributed by atoms with Crippen LogP contribution in [0.1, 0.15) is 38.2 Å². The molecule has 1 aliphatic rings. The summed E-state index contributed by atoms with van der Waals surface area (Å²) in [6.45, 7) is 2.21. The molecule has 3 N–H and O–H groups in total. The average molecular weight is 323 g/mol. The van der Waals surface area contributed by atoms with Crippen LogP contribution >= 0.6 is 12.2 Å². The summed E-state index contributed by atoms with van der Waals surface area (Å²) in [6.07, 6.45) is 4.97. The van der Waals surface area contributed by atoms with Crippen molar-refractivity contribution in [3.05, 3.63) is 35.6 Å². The number of hydrogen-bond donors (Lipinski definition) is 3. The quantitative estimate of drug-likeness (QED) is 0.591. The average Bonchev–Trinajstić information content (AvgIpc) is 2.50. The van der Waals surface area contributed by atoms with E-state index in [0.29, 0.717) is 17.1 Å². The van der Waals surface area contributed by atoms with Gasteiger partial charge in [-0.1, -0.05) is 31.9 Å². The molecular weight excluding hydrogens is 301 g/mol. The maximum Gasteiger partial charge on any atom is 0.242 e. The normalized spacial score (nSPS) is 21.0. The second-order valence-corrected chi connectivity index (χ2v) is 6.23. The number of amides is 1. The molecule has 1 amide bonds. The number of carbonyl (C=O) groups is 1. The van der Waals surface area contributed by atoms with E-state index in [0.717, 1.165) is 12.0 Å². The van der Waals surface area contributed by atoms with E-state index in [2.05, 4.69) is 23.1 Å². The highest BCUT2D eigenvalue weighted by Crippen LogP contribution is 2.23. The molecule has 1 saturated carbocycles. The van der Waals surface area contributed by atoms with Gasteiger partial charge in [0.1, 0.15) is 5.82 Å². The monoisotopic (exact) mass is 323 g/mol. The maximum atomic E-state index is 12.8. The molecule has 0 aliphatic heterocycles. The number of thiocarbonyl (C=S) groups is 1. The number of halogens is 1. The van der Waals surface area contributed by atoms with E-state index in [-0.39, 0.29) is 18.1 Å². The molecule has 1 aromatic rings. The minimum Gasteiger partial charge on any atom is -0.358 e. The van der Waals surface area contributed by atoms with Crippen molar-refractivity contribution in [3.63, 3.8) is 0 Å². The van der Waals surface area contributed by atoms with Crippen molar-refractivity contribution in [2.45, 2.75) is 45.1 Å². The number of carbonyl (C=O) groups excluding carboxylic acids is 1. The van der Waals surface area contributed by atoms with E-state index < -0.39 is 0 Å². The van der Waals surface area contributed by atoms with Gasteiger partial charge in [-0.15, -0.1) is 0 Å². The summed E-state index contributed by atoms with van der Waals surface area (Å²) < 4.78 is 12.8. The Morgan fingerprint density at radius 3 is 2.59 bits per heavy atom. The lowest BCUT2D eigenvalue weighted by Crippen LogP contribution is -2.51. The summed E-state index contributed by atoms with van der Waals surface area (Å²) in [5, 5.41) is 3.69. The molecule has 0 heterocycles. The first-order valence-corrected chi connectivity index (χ1v) is 8.05. The molecule has 4 nitrogen and oxygen atoms in total. The van der Waals surface area contributed by atoms with Gasteiger partial charge in [0, 0.05) is 6.04 Å². The van der Waals surface area contributed by atoms with Crippen LogP contribution in [0.2, 0.25) is 0 Å². The molecule has 0 unspecified atom stereocenters. The van der Waals surface area contributed by atoms with Gasteiger partial charge in [0.15, 0.2) is 5.11 Å². The fraction of sp³-hybridized carbons (Fsp3) is 0.500. The molecule has 0 radical (unpaired) electrons. The van der Waals surface area contributed by atoms with Crippen LogP contribution in [0.4, 0.5) is 4.39 Å². The zero-order valence-corrected chi connectivity index (χ0v) is 13.5. The summed E-state index contributed by atoms with van der Waals surface area (Å²) in [5.74, 6) is 0.0603. The van der Waals surface area contributed by atoms with Crippen LogP contribution in [0.3, 0.4) is 0 Å². The van der Waals surface area contributed by atoms with Crippen molar-refractivity contribution in [2.24, 2.45) is 5.92 Å². The smallest absolute Gasteiger partial charge is 0.242 e. The van der Waals surface area contributed by atoms with Gasteiger partial charge in [0.05, 0.1) is 6.42 Å². The molecule has 0 spiro atoms. The fourth-order valence-electron chi connectivity index (χ4n) is 2.69. The molecule has 6 heteroatoms. The Balaban J connectivity index is 1.71. The summed E-state index contributed by atoms with van der Waals surface area (Å²) in [7, 11) is 0. The van der Waals surface area contributed by atoms with Gasteiger partial charge in [-0.3, -0.25) is 15.6 Å². The van der Waals surface area contributed by atoms with E-state index >= 15 is 0 Å². The lowest BCUT2D eigenvalue weighted by Gasteiger charge is -2.30. The molecular formula is C16H22FN3OS. The third-order valence-corrected chi connectivity index (χ3v) is 4.24. The molecule has 0 bridgehead atoms. The Labute approximate surface area is 135 Å². The Hall–Kier alpha value is -1.69. The van der Waals surface area contributed by atoms with Crippen molar-refractivity contribution in [1.82, 2.24) is 16.2 Å². The number of benzene rings is 1. The van der Waals surface area contributed by atoms with Crippen LogP contribution in [0.15, 0.2) is 24.3 Å². The molecule has 22 heavy (non-hydrogen) atoms. The number of rotatable bonds is 3. The van der Waals surface area contributed by atoms with Gasteiger partial charge in [0.2, 0.25) is 5.91 Å². The number of nitrogens with one attached hydrogen (secondary N) is 3. The standard InChI is InChI=1S/C16H22FN3OS/c1-11-4-2-3-5-14(11)18-16(22)20-19-15(21)10-12-6-8-13(17)9-7-12/h6-9,11,14H,2-5,10H2,1H3,(H,19,21)(H2,18,20,22)/t11-,14+/m0/s1. The second-order valence-electron chi connectivity index (χ2n) is 5.82. The minimum atomic E-state index is -0.311. The van der Waals surface area contributed by atoms with E-state index in [1.54, 1.807) is 12.1 Å². The first-order valence-electron chi connectivity index (χ1n) is 7.64. The number of hydrazine groups is 1. The van der Waals surface area contributed by atoms with Crippen LogP contribution < -0.4 is 16.2 Å². The van der Waals surface area contributed by atoms with Gasteiger partial charge in [-0.2, -0.15) is 0 Å². The Morgan fingerprint density at radius 2 is 1.91 bits per heavy atom. The Morgan fingerprint density at radius 1 is 1.23 bits per heavy atom. The minimum absolute atomic E-state index is 0.176. The van der Waals surface area contributed by atoms with Crippen LogP contribution in [0, 0.1) is 11.7 Å². The molecule has 2 atom stereocenters. The highest BCUT2D eigenvalue weighted by Gasteiger charge is 2.21. The Bertz CT molecular complexity index is 521. The molecule has 1 aromatic carbocycles. The third kappa shape index (κ3) is 5.26. The zero-order valence-electron chi connectivity index (χ0n) is 12.7. The zero-order chi connectivity index (χ0) is 15.9. The molecule has 2 rings (SSSR count). The van der Waals surface area contributed by atoms with E-state index in [4.69, 9.17) is 12.2 Å². The second kappa shape index (κ2) is 8.08. The van der Waals surface area contributed by atoms with Crippen molar-refractivity contribution < 1.29 is 9.18 Å². The molecule has 1 aliphatic carbocycles. The van der Waals surface area contributed by atoms with Crippen LogP contribution in [-0.4, -0.2) is 17.1 Å². The van der Waals surface area contributed by atoms with Crippen LogP contribution in [-0.2, 0) is 11.2 Å². The lowest BCUT2D eigenvalue weighted by molar-refractivity contribution is -0.121. The third-order valence-electron chi connectivity index (χ3n) is 4.02. The predicted molar refractivity (Wildman–Crippen MR) is 88.5 cm³/mol.